The number of carbonyl (C=O) groups excluding carboxylic acids is 1. The summed E-state index contributed by atoms with van der Waals surface area (Å²) in [6, 6.07) is 2.21. The fourth-order valence-electron chi connectivity index (χ4n) is 1.33. The predicted molar refractivity (Wildman–Crippen MR) is 65.4 cm³/mol. The van der Waals surface area contributed by atoms with Gasteiger partial charge in [0.2, 0.25) is 0 Å². The van der Waals surface area contributed by atoms with Crippen molar-refractivity contribution in [1.29, 1.82) is 0 Å². The first-order valence-corrected chi connectivity index (χ1v) is 5.23. The first-order valence-electron chi connectivity index (χ1n) is 5.23. The monoisotopic (exact) mass is 250 g/mol. The number of nitrogens with one attached hydrogen (secondary N) is 1. The number of anilines is 1. The van der Waals surface area contributed by atoms with Gasteiger partial charge >= 0.3 is 11.9 Å². The molecule has 0 aliphatic rings. The zero-order chi connectivity index (χ0) is 13.5. The van der Waals surface area contributed by atoms with Gasteiger partial charge in [-0.2, -0.15) is 0 Å². The van der Waals surface area contributed by atoms with Crippen LogP contribution in [0.25, 0.3) is 0 Å². The van der Waals surface area contributed by atoms with Crippen LogP contribution in [0.4, 0.5) is 5.69 Å². The first kappa shape index (κ1) is 13.7. The minimum atomic E-state index is -0.994. The summed E-state index contributed by atoms with van der Waals surface area (Å²) in [7, 11) is 1.25. The standard InChI is InChI=1S/C12H14N2O4/c1-3-4-9(11(15)16)14-8-5-6-13-10(7-8)12(17)18-2/h3,5-7,9H,1,4H2,2H3,(H,13,14)(H,15,16). The number of aromatic nitrogens is 1. The quantitative estimate of drug-likeness (QED) is 0.584. The second kappa shape index (κ2) is 6.39. The van der Waals surface area contributed by atoms with Crippen molar-refractivity contribution < 1.29 is 19.4 Å². The molecule has 0 saturated carbocycles. The van der Waals surface area contributed by atoms with E-state index < -0.39 is 18.0 Å². The molecule has 0 fully saturated rings. The summed E-state index contributed by atoms with van der Waals surface area (Å²) in [5, 5.41) is 11.8. The summed E-state index contributed by atoms with van der Waals surface area (Å²) in [5.41, 5.74) is 0.602. The Kier molecular flexibility index (Phi) is 4.86. The van der Waals surface area contributed by atoms with E-state index in [9.17, 15) is 9.59 Å². The van der Waals surface area contributed by atoms with E-state index in [1.807, 2.05) is 0 Å². The lowest BCUT2D eigenvalue weighted by Gasteiger charge is -2.14. The smallest absolute Gasteiger partial charge is 0.356 e. The number of carboxylic acid groups (broad SMARTS) is 1. The summed E-state index contributed by atoms with van der Waals surface area (Å²) >= 11 is 0. The second-order valence-corrected chi connectivity index (χ2v) is 3.48. The van der Waals surface area contributed by atoms with E-state index in [-0.39, 0.29) is 12.1 Å². The van der Waals surface area contributed by atoms with Gasteiger partial charge in [0.1, 0.15) is 11.7 Å². The molecule has 1 aromatic heterocycles. The topological polar surface area (TPSA) is 88.5 Å². The van der Waals surface area contributed by atoms with Crippen molar-refractivity contribution in [3.05, 3.63) is 36.7 Å². The largest absolute Gasteiger partial charge is 0.480 e. The highest BCUT2D eigenvalue weighted by Crippen LogP contribution is 2.12. The molecule has 0 aliphatic heterocycles. The van der Waals surface area contributed by atoms with Gasteiger partial charge in [-0.3, -0.25) is 0 Å². The van der Waals surface area contributed by atoms with Gasteiger partial charge in [0, 0.05) is 11.9 Å². The van der Waals surface area contributed by atoms with Crippen LogP contribution in [0.2, 0.25) is 0 Å². The molecule has 0 saturated heterocycles. The van der Waals surface area contributed by atoms with Crippen LogP contribution in [-0.4, -0.2) is 35.2 Å². The van der Waals surface area contributed by atoms with Crippen LogP contribution in [0.1, 0.15) is 16.9 Å². The van der Waals surface area contributed by atoms with E-state index >= 15 is 0 Å². The molecule has 1 unspecified atom stereocenters. The Morgan fingerprint density at radius 3 is 2.94 bits per heavy atom. The highest BCUT2D eigenvalue weighted by Gasteiger charge is 2.16. The Morgan fingerprint density at radius 1 is 1.67 bits per heavy atom. The molecule has 0 amide bonds. The molecule has 0 aliphatic carbocycles. The molecule has 18 heavy (non-hydrogen) atoms. The second-order valence-electron chi connectivity index (χ2n) is 3.48. The normalized spacial score (nSPS) is 11.4. The molecule has 0 spiro atoms. The summed E-state index contributed by atoms with van der Waals surface area (Å²) in [5.74, 6) is -1.57. The summed E-state index contributed by atoms with van der Waals surface area (Å²) in [6.45, 7) is 3.49. The van der Waals surface area contributed by atoms with Gasteiger partial charge in [0.15, 0.2) is 0 Å². The van der Waals surface area contributed by atoms with Gasteiger partial charge in [0.25, 0.3) is 0 Å². The number of aliphatic carboxylic acids is 1. The number of rotatable bonds is 6. The summed E-state index contributed by atoms with van der Waals surface area (Å²) in [6.07, 6.45) is 3.18. The number of carboxylic acids is 1. The number of carbonyl (C=O) groups is 2. The number of ether oxygens (including phenoxy) is 1. The lowest BCUT2D eigenvalue weighted by Crippen LogP contribution is -2.28. The number of nitrogens with zero attached hydrogens (tertiary/aromatic N) is 1. The van der Waals surface area contributed by atoms with Gasteiger partial charge in [-0.05, 0) is 18.6 Å². The third-order valence-corrected chi connectivity index (χ3v) is 2.20. The van der Waals surface area contributed by atoms with Crippen molar-refractivity contribution in [1.82, 2.24) is 4.98 Å². The predicted octanol–water partition coefficient (Wildman–Crippen LogP) is 1.31. The van der Waals surface area contributed by atoms with Crippen LogP contribution in [0.5, 0.6) is 0 Å². The molecule has 1 aromatic rings. The molecule has 2 N–H and O–H groups in total. The first-order chi connectivity index (χ1) is 8.58. The highest BCUT2D eigenvalue weighted by atomic mass is 16.5. The van der Waals surface area contributed by atoms with Gasteiger partial charge in [-0.25, -0.2) is 14.6 Å². The summed E-state index contributed by atoms with van der Waals surface area (Å²) in [4.78, 5) is 26.0. The van der Waals surface area contributed by atoms with Crippen molar-refractivity contribution in [2.45, 2.75) is 12.5 Å². The lowest BCUT2D eigenvalue weighted by molar-refractivity contribution is -0.137. The molecule has 1 atom stereocenters. The molecule has 1 rings (SSSR count). The van der Waals surface area contributed by atoms with Crippen molar-refractivity contribution in [2.24, 2.45) is 0 Å². The molecule has 96 valence electrons. The molecule has 6 heteroatoms. The summed E-state index contributed by atoms with van der Waals surface area (Å²) < 4.78 is 4.53. The molecule has 6 nitrogen and oxygen atoms in total. The number of esters is 1. The Labute approximate surface area is 104 Å². The van der Waals surface area contributed by atoms with Crippen molar-refractivity contribution >= 4 is 17.6 Å². The van der Waals surface area contributed by atoms with E-state index in [0.29, 0.717) is 5.69 Å². The van der Waals surface area contributed by atoms with E-state index in [1.165, 1.54) is 25.4 Å². The van der Waals surface area contributed by atoms with Gasteiger partial charge < -0.3 is 15.2 Å². The molecule has 0 bridgehead atoms. The Bertz CT molecular complexity index is 459. The highest BCUT2D eigenvalue weighted by molar-refractivity contribution is 5.88. The molecule has 1 heterocycles. The third kappa shape index (κ3) is 3.58. The maximum absolute atomic E-state index is 11.3. The Balaban J connectivity index is 2.86. The van der Waals surface area contributed by atoms with E-state index in [1.54, 1.807) is 6.07 Å². The number of hydrogen-bond donors (Lipinski definition) is 2. The van der Waals surface area contributed by atoms with Crippen LogP contribution < -0.4 is 5.32 Å². The van der Waals surface area contributed by atoms with E-state index in [2.05, 4.69) is 21.6 Å². The van der Waals surface area contributed by atoms with Crippen LogP contribution in [0.3, 0.4) is 0 Å². The molecule has 0 aromatic carbocycles. The molecular weight excluding hydrogens is 236 g/mol. The average Bonchev–Trinajstić information content (AvgIpc) is 2.37. The minimum Gasteiger partial charge on any atom is -0.480 e. The number of pyridine rings is 1. The molecule has 0 radical (unpaired) electrons. The van der Waals surface area contributed by atoms with Crippen LogP contribution >= 0.6 is 0 Å². The van der Waals surface area contributed by atoms with Gasteiger partial charge in [-0.15, -0.1) is 6.58 Å². The third-order valence-electron chi connectivity index (χ3n) is 2.20. The van der Waals surface area contributed by atoms with Gasteiger partial charge in [-0.1, -0.05) is 6.08 Å². The fourth-order valence-corrected chi connectivity index (χ4v) is 1.33. The van der Waals surface area contributed by atoms with Crippen LogP contribution in [-0.2, 0) is 9.53 Å². The van der Waals surface area contributed by atoms with Crippen molar-refractivity contribution in [2.75, 3.05) is 12.4 Å². The van der Waals surface area contributed by atoms with E-state index in [4.69, 9.17) is 5.11 Å². The van der Waals surface area contributed by atoms with E-state index in [0.717, 1.165) is 0 Å². The lowest BCUT2D eigenvalue weighted by atomic mass is 10.2. The van der Waals surface area contributed by atoms with Crippen LogP contribution in [0, 0.1) is 0 Å². The number of methoxy groups -OCH3 is 1. The SMILES string of the molecule is C=CCC(Nc1ccnc(C(=O)OC)c1)C(=O)O. The Morgan fingerprint density at radius 2 is 2.39 bits per heavy atom. The average molecular weight is 250 g/mol. The zero-order valence-corrected chi connectivity index (χ0v) is 9.92. The van der Waals surface area contributed by atoms with Crippen molar-refractivity contribution in [3.63, 3.8) is 0 Å². The Hall–Kier alpha value is -2.37. The maximum Gasteiger partial charge on any atom is 0.356 e. The van der Waals surface area contributed by atoms with Crippen LogP contribution in [0.15, 0.2) is 31.0 Å². The fraction of sp³-hybridized carbons (Fsp3) is 0.250. The van der Waals surface area contributed by atoms with Gasteiger partial charge in [0.05, 0.1) is 7.11 Å². The number of hydrogen-bond acceptors (Lipinski definition) is 5. The maximum atomic E-state index is 11.3. The van der Waals surface area contributed by atoms with Crippen molar-refractivity contribution in [3.8, 4) is 0 Å². The zero-order valence-electron chi connectivity index (χ0n) is 9.92. The molecular formula is C12H14N2O4. The minimum absolute atomic E-state index is 0.116.